The van der Waals surface area contributed by atoms with Crippen molar-refractivity contribution in [3.05, 3.63) is 71.8 Å². The number of nitrogens with zero attached hydrogens (tertiary/aromatic N) is 2. The van der Waals surface area contributed by atoms with Crippen LogP contribution >= 0.6 is 0 Å². The Hall–Kier alpha value is -1.80. The lowest BCUT2D eigenvalue weighted by Crippen LogP contribution is -2.48. The maximum Gasteiger partial charge on any atom is 0.0499 e. The summed E-state index contributed by atoms with van der Waals surface area (Å²) in [6.45, 7) is 11.8. The predicted octanol–water partition coefficient (Wildman–Crippen LogP) is 2.31. The minimum absolute atomic E-state index is 0.363. The molecule has 0 saturated carbocycles. The van der Waals surface area contributed by atoms with Crippen molar-refractivity contribution in [2.45, 2.75) is 25.9 Å². The molecule has 1 aliphatic heterocycles. The third-order valence-corrected chi connectivity index (χ3v) is 5.88. The summed E-state index contributed by atoms with van der Waals surface area (Å²) in [5, 5.41) is 14.4. The average Bonchev–Trinajstić information content (AvgIpc) is 2.80. The van der Waals surface area contributed by atoms with Crippen molar-refractivity contribution in [2.24, 2.45) is 0 Å². The fourth-order valence-electron chi connectivity index (χ4n) is 3.79. The highest BCUT2D eigenvalue weighted by molar-refractivity contribution is 5.19. The van der Waals surface area contributed by atoms with E-state index in [2.05, 4.69) is 106 Å². The van der Waals surface area contributed by atoms with Crippen LogP contribution in [-0.2, 0) is 0 Å². The van der Waals surface area contributed by atoms with Crippen LogP contribution < -0.4 is 21.3 Å². The van der Waals surface area contributed by atoms with Crippen LogP contribution in [0.1, 0.15) is 37.1 Å². The van der Waals surface area contributed by atoms with Crippen LogP contribution in [0.4, 0.5) is 0 Å². The normalized spacial score (nSPS) is 20.9. The molecule has 164 valence electrons. The highest BCUT2D eigenvalue weighted by atomic mass is 15.3. The first-order valence-electron chi connectivity index (χ1n) is 11.2. The van der Waals surface area contributed by atoms with Crippen molar-refractivity contribution in [2.75, 3.05) is 52.9 Å². The first-order valence-corrected chi connectivity index (χ1v) is 11.2. The Morgan fingerprint density at radius 2 is 0.833 bits per heavy atom. The molecule has 6 nitrogen and oxygen atoms in total. The molecular weight excluding hydrogens is 372 g/mol. The van der Waals surface area contributed by atoms with E-state index < -0.39 is 0 Å². The van der Waals surface area contributed by atoms with Gasteiger partial charge in [0, 0.05) is 64.9 Å². The third kappa shape index (κ3) is 7.16. The van der Waals surface area contributed by atoms with E-state index in [9.17, 15) is 0 Å². The van der Waals surface area contributed by atoms with Crippen molar-refractivity contribution in [1.82, 2.24) is 31.1 Å². The van der Waals surface area contributed by atoms with E-state index in [4.69, 9.17) is 0 Å². The smallest absolute Gasteiger partial charge is 0.0499 e. The van der Waals surface area contributed by atoms with Crippen LogP contribution in [0.2, 0.25) is 0 Å². The molecule has 0 aliphatic carbocycles. The summed E-state index contributed by atoms with van der Waals surface area (Å²) < 4.78 is 0. The van der Waals surface area contributed by atoms with Gasteiger partial charge in [0.25, 0.3) is 0 Å². The van der Waals surface area contributed by atoms with Crippen molar-refractivity contribution < 1.29 is 0 Å². The number of hydrogen-bond acceptors (Lipinski definition) is 6. The number of rotatable bonds is 4. The molecule has 3 rings (SSSR count). The Balaban J connectivity index is 1.53. The van der Waals surface area contributed by atoms with Gasteiger partial charge in [0.05, 0.1) is 0 Å². The number of nitrogens with one attached hydrogen (secondary N) is 4. The van der Waals surface area contributed by atoms with Gasteiger partial charge in [-0.05, 0) is 25.0 Å². The molecule has 0 bridgehead atoms. The minimum Gasteiger partial charge on any atom is -0.303 e. The second kappa shape index (κ2) is 12.8. The first kappa shape index (κ1) is 22.9. The highest BCUT2D eigenvalue weighted by Gasteiger charge is 2.17. The molecule has 1 saturated heterocycles. The summed E-state index contributed by atoms with van der Waals surface area (Å²) in [7, 11) is 0. The molecule has 1 heterocycles. The lowest BCUT2D eigenvalue weighted by molar-refractivity contribution is 0.163. The predicted molar refractivity (Wildman–Crippen MR) is 125 cm³/mol. The zero-order chi connectivity index (χ0) is 21.0. The average molecular weight is 411 g/mol. The summed E-state index contributed by atoms with van der Waals surface area (Å²) in [4.78, 5) is 4.90. The summed E-state index contributed by atoms with van der Waals surface area (Å²) in [5.41, 5.74) is 2.70. The molecule has 0 unspecified atom stereocenters. The van der Waals surface area contributed by atoms with E-state index in [-0.39, 0.29) is 0 Å². The van der Waals surface area contributed by atoms with Crippen molar-refractivity contribution in [3.63, 3.8) is 0 Å². The molecule has 4 N–H and O–H groups in total. The number of hydrogen-bond donors (Lipinski definition) is 4. The van der Waals surface area contributed by atoms with Crippen LogP contribution in [0, 0.1) is 0 Å². The topological polar surface area (TPSA) is 54.6 Å². The molecule has 0 aromatic heterocycles. The van der Waals surface area contributed by atoms with E-state index in [0.29, 0.717) is 12.1 Å². The Bertz CT molecular complexity index is 618. The second-order valence-corrected chi connectivity index (χ2v) is 7.98. The second-order valence-electron chi connectivity index (χ2n) is 7.98. The molecule has 6 heteroatoms. The zero-order valence-corrected chi connectivity index (χ0v) is 18.5. The molecule has 0 radical (unpaired) electrons. The Kier molecular flexibility index (Phi) is 9.76. The van der Waals surface area contributed by atoms with E-state index in [1.165, 1.54) is 11.1 Å². The molecule has 0 spiro atoms. The van der Waals surface area contributed by atoms with Gasteiger partial charge in [-0.25, -0.2) is 0 Å². The van der Waals surface area contributed by atoms with Crippen LogP contribution in [0.5, 0.6) is 0 Å². The fourth-order valence-corrected chi connectivity index (χ4v) is 3.79. The fraction of sp³-hybridized carbons (Fsp3) is 0.500. The monoisotopic (exact) mass is 410 g/mol. The van der Waals surface area contributed by atoms with E-state index in [0.717, 1.165) is 52.9 Å². The molecule has 1 fully saturated rings. The van der Waals surface area contributed by atoms with E-state index in [1.807, 2.05) is 0 Å². The van der Waals surface area contributed by atoms with E-state index in [1.54, 1.807) is 0 Å². The lowest BCUT2D eigenvalue weighted by Gasteiger charge is -2.32. The van der Waals surface area contributed by atoms with Gasteiger partial charge in [0.2, 0.25) is 0 Å². The SMILES string of the molecule is C[C@H](c1ccccc1)N1CNCCNCN([C@H](C)c2ccccc2)CNCCNC1. The quantitative estimate of drug-likeness (QED) is 0.621. The first-order chi connectivity index (χ1) is 14.8. The summed E-state index contributed by atoms with van der Waals surface area (Å²) in [6.07, 6.45) is 0. The van der Waals surface area contributed by atoms with E-state index >= 15 is 0 Å². The summed E-state index contributed by atoms with van der Waals surface area (Å²) in [6, 6.07) is 22.2. The number of benzene rings is 2. The standard InChI is InChI=1S/C24H38N6/c1-21(23-9-5-3-6-10-23)29-17-25-13-15-27-19-30(20-28-16-14-26-18-29)22(2)24-11-7-4-8-12-24/h3-12,21-22,25-28H,13-20H2,1-2H3/t21-,22-/m1/s1. The Morgan fingerprint density at radius 1 is 0.533 bits per heavy atom. The Labute approximate surface area is 182 Å². The van der Waals surface area contributed by atoms with Crippen LogP contribution in [0.15, 0.2) is 60.7 Å². The molecule has 2 aromatic carbocycles. The minimum atomic E-state index is 0.363. The largest absolute Gasteiger partial charge is 0.303 e. The molecular formula is C24H38N6. The Morgan fingerprint density at radius 3 is 1.13 bits per heavy atom. The molecule has 2 atom stereocenters. The molecule has 2 aromatic rings. The van der Waals surface area contributed by atoms with Gasteiger partial charge in [0.1, 0.15) is 0 Å². The van der Waals surface area contributed by atoms with Crippen molar-refractivity contribution >= 4 is 0 Å². The van der Waals surface area contributed by atoms with Gasteiger partial charge in [-0.3, -0.25) is 9.80 Å². The van der Waals surface area contributed by atoms with Gasteiger partial charge >= 0.3 is 0 Å². The van der Waals surface area contributed by atoms with Crippen LogP contribution in [-0.4, -0.2) is 62.7 Å². The van der Waals surface area contributed by atoms with Crippen molar-refractivity contribution in [1.29, 1.82) is 0 Å². The van der Waals surface area contributed by atoms with Crippen LogP contribution in [0.25, 0.3) is 0 Å². The maximum absolute atomic E-state index is 3.61. The molecule has 0 amide bonds. The van der Waals surface area contributed by atoms with Crippen LogP contribution in [0.3, 0.4) is 0 Å². The summed E-state index contributed by atoms with van der Waals surface area (Å²) >= 11 is 0. The van der Waals surface area contributed by atoms with Gasteiger partial charge in [-0.15, -0.1) is 0 Å². The van der Waals surface area contributed by atoms with Gasteiger partial charge in [0.15, 0.2) is 0 Å². The summed E-state index contributed by atoms with van der Waals surface area (Å²) in [5.74, 6) is 0. The third-order valence-electron chi connectivity index (χ3n) is 5.88. The maximum atomic E-state index is 3.61. The lowest BCUT2D eigenvalue weighted by atomic mass is 10.1. The highest BCUT2D eigenvalue weighted by Crippen LogP contribution is 2.19. The molecule has 30 heavy (non-hydrogen) atoms. The van der Waals surface area contributed by atoms with Gasteiger partial charge < -0.3 is 21.3 Å². The van der Waals surface area contributed by atoms with Gasteiger partial charge in [-0.2, -0.15) is 0 Å². The van der Waals surface area contributed by atoms with Gasteiger partial charge in [-0.1, -0.05) is 60.7 Å². The van der Waals surface area contributed by atoms with Crippen molar-refractivity contribution in [3.8, 4) is 0 Å². The molecule has 1 aliphatic rings. The zero-order valence-electron chi connectivity index (χ0n) is 18.5.